The third kappa shape index (κ3) is 5.84. The predicted octanol–water partition coefficient (Wildman–Crippen LogP) is 12.0. The van der Waals surface area contributed by atoms with Gasteiger partial charge in [0.15, 0.2) is 0 Å². The monoisotopic (exact) mass is 640 g/mol. The number of hydrogen-bond acceptors (Lipinski definition) is 2. The zero-order valence-electron chi connectivity index (χ0n) is 28.9. The Hall–Kier alpha value is -5.08. The van der Waals surface area contributed by atoms with Crippen LogP contribution in [0.15, 0.2) is 167 Å². The Kier molecular flexibility index (Phi) is 8.33. The van der Waals surface area contributed by atoms with Crippen LogP contribution >= 0.6 is 0 Å². The molecule has 49 heavy (non-hydrogen) atoms. The molecule has 0 heterocycles. The number of ether oxygens (including phenoxy) is 2. The van der Waals surface area contributed by atoms with Gasteiger partial charge < -0.3 is 9.47 Å². The van der Waals surface area contributed by atoms with Crippen LogP contribution in [0, 0.1) is 11.8 Å². The fraction of sp³-hybridized carbons (Fsp3) is 0.234. The summed E-state index contributed by atoms with van der Waals surface area (Å²) in [5, 5.41) is 4.92. The van der Waals surface area contributed by atoms with Gasteiger partial charge in [-0.2, -0.15) is 0 Å². The molecule has 0 fully saturated rings. The maximum absolute atomic E-state index is 5.46. The van der Waals surface area contributed by atoms with Crippen LogP contribution in [0.3, 0.4) is 0 Å². The average Bonchev–Trinajstić information content (AvgIpc) is 3.39. The van der Waals surface area contributed by atoms with Gasteiger partial charge in [0.1, 0.15) is 11.5 Å². The second kappa shape index (κ2) is 13.1. The molecule has 0 aliphatic heterocycles. The summed E-state index contributed by atoms with van der Waals surface area (Å²) in [5.41, 5.74) is 11.6. The first-order valence-corrected chi connectivity index (χ1v) is 17.7. The Balaban J connectivity index is 1.01. The average molecular weight is 641 g/mol. The Morgan fingerprint density at radius 1 is 0.490 bits per heavy atom. The van der Waals surface area contributed by atoms with Gasteiger partial charge in [-0.15, -0.1) is 0 Å². The van der Waals surface area contributed by atoms with Gasteiger partial charge in [-0.3, -0.25) is 0 Å². The molecule has 0 radical (unpaired) electrons. The van der Waals surface area contributed by atoms with Crippen LogP contribution in [0.4, 0.5) is 0 Å². The van der Waals surface area contributed by atoms with Crippen molar-refractivity contribution in [1.29, 1.82) is 0 Å². The molecular weight excluding hydrogens is 597 g/mol. The third-order valence-electron chi connectivity index (χ3n) is 11.2. The molecule has 4 aromatic carbocycles. The quantitative estimate of drug-likeness (QED) is 0.191. The fourth-order valence-electron chi connectivity index (χ4n) is 8.59. The summed E-state index contributed by atoms with van der Waals surface area (Å²) in [7, 11) is 3.45. The Bertz CT molecular complexity index is 2050. The van der Waals surface area contributed by atoms with Gasteiger partial charge in [0, 0.05) is 23.7 Å². The van der Waals surface area contributed by atoms with E-state index in [2.05, 4.69) is 147 Å². The van der Waals surface area contributed by atoms with Crippen molar-refractivity contribution < 1.29 is 9.47 Å². The van der Waals surface area contributed by atoms with E-state index in [0.717, 1.165) is 11.5 Å². The second-order valence-corrected chi connectivity index (χ2v) is 14.0. The smallest absolute Gasteiger partial charge is 0.119 e. The first-order chi connectivity index (χ1) is 24.0. The van der Waals surface area contributed by atoms with Gasteiger partial charge in [0.2, 0.25) is 0 Å². The maximum atomic E-state index is 5.46. The number of rotatable bonds is 8. The molecule has 0 spiro atoms. The molecule has 0 saturated heterocycles. The van der Waals surface area contributed by atoms with E-state index in [1.54, 1.807) is 14.2 Å². The first kappa shape index (κ1) is 31.2. The van der Waals surface area contributed by atoms with E-state index in [4.69, 9.17) is 9.47 Å². The summed E-state index contributed by atoms with van der Waals surface area (Å²) < 4.78 is 10.9. The molecule has 0 aromatic heterocycles. The maximum Gasteiger partial charge on any atom is 0.119 e. The highest BCUT2D eigenvalue weighted by Crippen LogP contribution is 2.47. The number of fused-ring (bicyclic) bond motifs is 2. The summed E-state index contributed by atoms with van der Waals surface area (Å²) in [5.74, 6) is 3.23. The van der Waals surface area contributed by atoms with Crippen molar-refractivity contribution >= 4 is 21.5 Å². The molecule has 8 rings (SSSR count). The van der Waals surface area contributed by atoms with Gasteiger partial charge in [-0.1, -0.05) is 127 Å². The molecule has 0 N–H and O–H groups in total. The SMILES string of the molecule is COc1ccc2cc(C3C=CC=CC4=C3C=C(C)C4CCCC3C(C)=CC4=C3C=CC=CC4c3ccc4cc(OC)ccc4c3)ccc2c1. The highest BCUT2D eigenvalue weighted by molar-refractivity contribution is 5.86. The van der Waals surface area contributed by atoms with Gasteiger partial charge in [0.25, 0.3) is 0 Å². The molecular formula is C47H44O2. The lowest BCUT2D eigenvalue weighted by Crippen LogP contribution is -2.07. The van der Waals surface area contributed by atoms with Crippen molar-refractivity contribution in [1.82, 2.24) is 0 Å². The van der Waals surface area contributed by atoms with Crippen LogP contribution in [0.5, 0.6) is 11.5 Å². The summed E-state index contributed by atoms with van der Waals surface area (Å²) in [6.45, 7) is 4.68. The minimum absolute atomic E-state index is 0.252. The number of hydrogen-bond donors (Lipinski definition) is 0. The summed E-state index contributed by atoms with van der Waals surface area (Å²) in [6, 6.07) is 26.5. The van der Waals surface area contributed by atoms with Crippen molar-refractivity contribution in [2.45, 2.75) is 44.9 Å². The zero-order chi connectivity index (χ0) is 33.5. The first-order valence-electron chi connectivity index (χ1n) is 17.7. The normalized spacial score (nSPS) is 22.7. The van der Waals surface area contributed by atoms with E-state index in [-0.39, 0.29) is 11.8 Å². The van der Waals surface area contributed by atoms with Gasteiger partial charge in [-0.25, -0.2) is 0 Å². The Morgan fingerprint density at radius 3 is 1.37 bits per heavy atom. The minimum atomic E-state index is 0.252. The lowest BCUT2D eigenvalue weighted by Gasteiger charge is -2.21. The number of methoxy groups -OCH3 is 2. The van der Waals surface area contributed by atoms with Crippen molar-refractivity contribution in [2.24, 2.45) is 11.8 Å². The van der Waals surface area contributed by atoms with Crippen LogP contribution in [-0.4, -0.2) is 14.2 Å². The molecule has 4 aromatic rings. The molecule has 4 unspecified atom stereocenters. The molecule has 4 aliphatic rings. The van der Waals surface area contributed by atoms with E-state index in [0.29, 0.717) is 11.8 Å². The van der Waals surface area contributed by atoms with E-state index in [1.807, 2.05) is 0 Å². The lowest BCUT2D eigenvalue weighted by atomic mass is 9.83. The van der Waals surface area contributed by atoms with Gasteiger partial charge in [-0.05, 0) is 106 Å². The van der Waals surface area contributed by atoms with Gasteiger partial charge >= 0.3 is 0 Å². The third-order valence-corrected chi connectivity index (χ3v) is 11.2. The Labute approximate surface area is 290 Å². The number of allylic oxidation sites excluding steroid dienone is 16. The van der Waals surface area contributed by atoms with Crippen LogP contribution < -0.4 is 9.47 Å². The standard InChI is InChI=1S/C47H44O2/c1-30-24-46-42(36-18-16-34-28-38(48-3)22-20-32(34)26-36)10-5-7-12-44(46)40(30)14-9-15-41-31(2)25-47-43(11-6-8-13-45(41)47)37-19-17-35-29-39(49-4)23-21-33(35)27-37/h5-8,10-13,16-29,40-43H,9,14-15H2,1-4H3. The summed E-state index contributed by atoms with van der Waals surface area (Å²) in [6.07, 6.45) is 26.9. The van der Waals surface area contributed by atoms with Crippen LogP contribution in [0.25, 0.3) is 21.5 Å². The van der Waals surface area contributed by atoms with E-state index >= 15 is 0 Å². The van der Waals surface area contributed by atoms with Crippen LogP contribution in [0.1, 0.15) is 56.1 Å². The summed E-state index contributed by atoms with van der Waals surface area (Å²) >= 11 is 0. The molecule has 244 valence electrons. The van der Waals surface area contributed by atoms with Crippen molar-refractivity contribution in [3.63, 3.8) is 0 Å². The molecule has 0 amide bonds. The minimum Gasteiger partial charge on any atom is -0.497 e. The summed E-state index contributed by atoms with van der Waals surface area (Å²) in [4.78, 5) is 0. The van der Waals surface area contributed by atoms with E-state index in [1.165, 1.54) is 85.4 Å². The van der Waals surface area contributed by atoms with Crippen molar-refractivity contribution in [3.8, 4) is 11.5 Å². The number of benzene rings is 4. The van der Waals surface area contributed by atoms with Crippen molar-refractivity contribution in [2.75, 3.05) is 14.2 Å². The molecule has 4 aliphatic carbocycles. The highest BCUT2D eigenvalue weighted by Gasteiger charge is 2.31. The fourth-order valence-corrected chi connectivity index (χ4v) is 8.59. The largest absolute Gasteiger partial charge is 0.497 e. The highest BCUT2D eigenvalue weighted by atomic mass is 16.5. The molecule has 2 heteroatoms. The Morgan fingerprint density at radius 2 is 0.918 bits per heavy atom. The molecule has 0 saturated carbocycles. The topological polar surface area (TPSA) is 18.5 Å². The van der Waals surface area contributed by atoms with Gasteiger partial charge in [0.05, 0.1) is 14.2 Å². The molecule has 0 bridgehead atoms. The predicted molar refractivity (Wildman–Crippen MR) is 205 cm³/mol. The van der Waals surface area contributed by atoms with Crippen molar-refractivity contribution in [3.05, 3.63) is 178 Å². The molecule has 2 nitrogen and oxygen atoms in total. The zero-order valence-corrected chi connectivity index (χ0v) is 28.9. The lowest BCUT2D eigenvalue weighted by molar-refractivity contribution is 0.415. The second-order valence-electron chi connectivity index (χ2n) is 14.0. The van der Waals surface area contributed by atoms with Crippen LogP contribution in [0.2, 0.25) is 0 Å². The van der Waals surface area contributed by atoms with Crippen LogP contribution in [-0.2, 0) is 0 Å². The molecule has 4 atom stereocenters. The van der Waals surface area contributed by atoms with E-state index < -0.39 is 0 Å². The van der Waals surface area contributed by atoms with E-state index in [9.17, 15) is 0 Å².